The van der Waals surface area contributed by atoms with Gasteiger partial charge in [0.15, 0.2) is 0 Å². The smallest absolute Gasteiger partial charge is 0.335 e. The summed E-state index contributed by atoms with van der Waals surface area (Å²) in [6.07, 6.45) is 2.32. The van der Waals surface area contributed by atoms with Crippen LogP contribution in [-0.2, 0) is 6.42 Å². The Morgan fingerprint density at radius 1 is 1.47 bits per heavy atom. The van der Waals surface area contributed by atoms with Crippen molar-refractivity contribution in [3.05, 3.63) is 35.6 Å². The zero-order valence-electron chi connectivity index (χ0n) is 8.06. The Hall–Kier alpha value is -1.81. The Balaban J connectivity index is 2.56. The van der Waals surface area contributed by atoms with Crippen molar-refractivity contribution >= 4 is 16.9 Å². The molecule has 0 fully saturated rings. The van der Waals surface area contributed by atoms with Crippen LogP contribution in [0.4, 0.5) is 0 Å². The zero-order chi connectivity index (χ0) is 10.8. The predicted octanol–water partition coefficient (Wildman–Crippen LogP) is 1.63. The summed E-state index contributed by atoms with van der Waals surface area (Å²) in [7, 11) is 0. The minimum absolute atomic E-state index is 0.266. The van der Waals surface area contributed by atoms with Gasteiger partial charge in [0.25, 0.3) is 0 Å². The van der Waals surface area contributed by atoms with Crippen LogP contribution in [0.5, 0.6) is 0 Å². The summed E-state index contributed by atoms with van der Waals surface area (Å²) < 4.78 is 5.29. The summed E-state index contributed by atoms with van der Waals surface area (Å²) in [6.45, 7) is 0.520. The first-order valence-corrected chi connectivity index (χ1v) is 4.66. The van der Waals surface area contributed by atoms with Gasteiger partial charge in [-0.2, -0.15) is 0 Å². The van der Waals surface area contributed by atoms with Gasteiger partial charge in [0.1, 0.15) is 5.58 Å². The molecule has 0 spiro atoms. The molecule has 1 aromatic carbocycles. The highest BCUT2D eigenvalue weighted by atomic mass is 16.4. The van der Waals surface area contributed by atoms with Crippen LogP contribution < -0.4 is 5.73 Å². The second kappa shape index (κ2) is 3.74. The van der Waals surface area contributed by atoms with E-state index >= 15 is 0 Å². The van der Waals surface area contributed by atoms with Crippen LogP contribution in [0.3, 0.4) is 0 Å². The van der Waals surface area contributed by atoms with Gasteiger partial charge in [-0.1, -0.05) is 0 Å². The molecule has 0 saturated carbocycles. The summed E-state index contributed by atoms with van der Waals surface area (Å²) in [5.41, 5.74) is 7.37. The molecule has 0 aliphatic heterocycles. The second-order valence-corrected chi connectivity index (χ2v) is 3.32. The first-order chi connectivity index (χ1) is 7.22. The van der Waals surface area contributed by atoms with Gasteiger partial charge in [0, 0.05) is 5.39 Å². The number of carbonyl (C=O) groups is 1. The molecule has 0 bridgehead atoms. The third kappa shape index (κ3) is 1.71. The molecule has 0 radical (unpaired) electrons. The number of rotatable bonds is 3. The molecule has 15 heavy (non-hydrogen) atoms. The first kappa shape index (κ1) is 9.73. The number of hydrogen-bond acceptors (Lipinski definition) is 3. The zero-order valence-corrected chi connectivity index (χ0v) is 8.06. The van der Waals surface area contributed by atoms with Gasteiger partial charge in [-0.15, -0.1) is 0 Å². The van der Waals surface area contributed by atoms with Gasteiger partial charge in [-0.05, 0) is 36.7 Å². The number of fused-ring (bicyclic) bond motifs is 1. The highest BCUT2D eigenvalue weighted by molar-refractivity contribution is 5.93. The fourth-order valence-corrected chi connectivity index (χ4v) is 1.56. The van der Waals surface area contributed by atoms with Crippen molar-refractivity contribution in [2.75, 3.05) is 6.54 Å². The number of carboxylic acids is 1. The van der Waals surface area contributed by atoms with Crippen molar-refractivity contribution in [1.29, 1.82) is 0 Å². The van der Waals surface area contributed by atoms with Crippen LogP contribution in [0, 0.1) is 0 Å². The normalized spacial score (nSPS) is 10.7. The highest BCUT2D eigenvalue weighted by Gasteiger charge is 2.09. The van der Waals surface area contributed by atoms with E-state index in [2.05, 4.69) is 0 Å². The van der Waals surface area contributed by atoms with Crippen molar-refractivity contribution in [2.45, 2.75) is 6.42 Å². The standard InChI is InChI=1S/C11H11NO3/c12-4-3-8-6-15-10-2-1-7(11(13)14)5-9(8)10/h1-2,5-6H,3-4,12H2,(H,13,14). The summed E-state index contributed by atoms with van der Waals surface area (Å²) in [6, 6.07) is 4.81. The van der Waals surface area contributed by atoms with Gasteiger partial charge in [-0.25, -0.2) is 4.79 Å². The molecule has 0 unspecified atom stereocenters. The van der Waals surface area contributed by atoms with Gasteiger partial charge in [-0.3, -0.25) is 0 Å². The van der Waals surface area contributed by atoms with Crippen molar-refractivity contribution < 1.29 is 14.3 Å². The van der Waals surface area contributed by atoms with Crippen LogP contribution in [-0.4, -0.2) is 17.6 Å². The predicted molar refractivity (Wildman–Crippen MR) is 55.9 cm³/mol. The number of furan rings is 1. The first-order valence-electron chi connectivity index (χ1n) is 4.66. The van der Waals surface area contributed by atoms with Crippen molar-refractivity contribution in [2.24, 2.45) is 5.73 Å². The van der Waals surface area contributed by atoms with E-state index in [1.54, 1.807) is 18.4 Å². The lowest BCUT2D eigenvalue weighted by Gasteiger charge is -1.96. The Morgan fingerprint density at radius 2 is 2.27 bits per heavy atom. The van der Waals surface area contributed by atoms with E-state index in [0.29, 0.717) is 18.5 Å². The van der Waals surface area contributed by atoms with Gasteiger partial charge in [0.05, 0.1) is 11.8 Å². The molecule has 0 aliphatic rings. The molecule has 78 valence electrons. The molecule has 1 heterocycles. The van der Waals surface area contributed by atoms with E-state index in [-0.39, 0.29) is 5.56 Å². The molecule has 2 aromatic rings. The third-order valence-electron chi connectivity index (χ3n) is 2.31. The molecule has 4 heteroatoms. The van der Waals surface area contributed by atoms with Crippen LogP contribution in [0.1, 0.15) is 15.9 Å². The Bertz CT molecular complexity index is 502. The lowest BCUT2D eigenvalue weighted by Crippen LogP contribution is -2.02. The molecular weight excluding hydrogens is 194 g/mol. The molecule has 3 N–H and O–H groups in total. The largest absolute Gasteiger partial charge is 0.478 e. The lowest BCUT2D eigenvalue weighted by atomic mass is 10.1. The average molecular weight is 205 g/mol. The number of benzene rings is 1. The van der Waals surface area contributed by atoms with E-state index in [9.17, 15) is 4.79 Å². The van der Waals surface area contributed by atoms with Gasteiger partial charge >= 0.3 is 5.97 Å². The van der Waals surface area contributed by atoms with E-state index in [1.807, 2.05) is 0 Å². The SMILES string of the molecule is NCCc1coc2ccc(C(=O)O)cc12. The molecule has 0 aliphatic carbocycles. The van der Waals surface area contributed by atoms with Crippen molar-refractivity contribution in [3.63, 3.8) is 0 Å². The lowest BCUT2D eigenvalue weighted by molar-refractivity contribution is 0.0697. The monoisotopic (exact) mass is 205 g/mol. The number of carboxylic acid groups (broad SMARTS) is 1. The van der Waals surface area contributed by atoms with Crippen LogP contribution in [0.2, 0.25) is 0 Å². The Kier molecular flexibility index (Phi) is 2.43. The highest BCUT2D eigenvalue weighted by Crippen LogP contribution is 2.22. The van der Waals surface area contributed by atoms with Crippen LogP contribution in [0.15, 0.2) is 28.9 Å². The fourth-order valence-electron chi connectivity index (χ4n) is 1.56. The van der Waals surface area contributed by atoms with E-state index < -0.39 is 5.97 Å². The summed E-state index contributed by atoms with van der Waals surface area (Å²) >= 11 is 0. The quantitative estimate of drug-likeness (QED) is 0.798. The Morgan fingerprint density at radius 3 is 2.93 bits per heavy atom. The van der Waals surface area contributed by atoms with Crippen molar-refractivity contribution in [1.82, 2.24) is 0 Å². The second-order valence-electron chi connectivity index (χ2n) is 3.32. The maximum absolute atomic E-state index is 10.8. The summed E-state index contributed by atoms with van der Waals surface area (Å²) in [4.78, 5) is 10.8. The fraction of sp³-hybridized carbons (Fsp3) is 0.182. The minimum Gasteiger partial charge on any atom is -0.478 e. The number of aromatic carboxylic acids is 1. The van der Waals surface area contributed by atoms with E-state index in [4.69, 9.17) is 15.3 Å². The molecule has 4 nitrogen and oxygen atoms in total. The van der Waals surface area contributed by atoms with Crippen LogP contribution >= 0.6 is 0 Å². The maximum Gasteiger partial charge on any atom is 0.335 e. The topological polar surface area (TPSA) is 76.5 Å². The number of nitrogens with two attached hydrogens (primary N) is 1. The molecule has 0 amide bonds. The molecule has 1 aromatic heterocycles. The minimum atomic E-state index is -0.934. The molecule has 0 atom stereocenters. The van der Waals surface area contributed by atoms with E-state index in [0.717, 1.165) is 10.9 Å². The summed E-state index contributed by atoms with van der Waals surface area (Å²) in [5, 5.41) is 9.68. The van der Waals surface area contributed by atoms with Crippen molar-refractivity contribution in [3.8, 4) is 0 Å². The molecule has 2 rings (SSSR count). The summed E-state index contributed by atoms with van der Waals surface area (Å²) in [5.74, 6) is -0.934. The molecule has 0 saturated heterocycles. The molecular formula is C11H11NO3. The van der Waals surface area contributed by atoms with Gasteiger partial charge < -0.3 is 15.3 Å². The number of hydrogen-bond donors (Lipinski definition) is 2. The third-order valence-corrected chi connectivity index (χ3v) is 2.31. The maximum atomic E-state index is 10.8. The average Bonchev–Trinajstić information content (AvgIpc) is 2.61. The van der Waals surface area contributed by atoms with E-state index in [1.165, 1.54) is 6.07 Å². The Labute approximate surface area is 86.3 Å². The van der Waals surface area contributed by atoms with Gasteiger partial charge in [0.2, 0.25) is 0 Å². The van der Waals surface area contributed by atoms with Crippen LogP contribution in [0.25, 0.3) is 11.0 Å².